The van der Waals surface area contributed by atoms with E-state index in [4.69, 9.17) is 4.42 Å². The second-order valence-corrected chi connectivity index (χ2v) is 6.58. The van der Waals surface area contributed by atoms with Crippen LogP contribution in [0.4, 0.5) is 9.18 Å². The van der Waals surface area contributed by atoms with Crippen molar-refractivity contribution in [2.75, 3.05) is 13.1 Å². The van der Waals surface area contributed by atoms with Gasteiger partial charge in [0, 0.05) is 6.54 Å². The van der Waals surface area contributed by atoms with Gasteiger partial charge in [-0.2, -0.15) is 0 Å². The van der Waals surface area contributed by atoms with Gasteiger partial charge in [-0.15, -0.1) is 0 Å². The summed E-state index contributed by atoms with van der Waals surface area (Å²) in [5.41, 5.74) is -0.466. The van der Waals surface area contributed by atoms with Gasteiger partial charge in [-0.25, -0.2) is 9.18 Å². The number of halogens is 1. The SMILES string of the molecule is Cc1ccc([C@@]2(C)NC(=O)N(CC(=O)NCCc3ccc(F)cc3)C2=O)o1. The summed E-state index contributed by atoms with van der Waals surface area (Å²) in [5.74, 6) is -0.394. The van der Waals surface area contributed by atoms with E-state index in [1.54, 1.807) is 31.2 Å². The molecule has 0 radical (unpaired) electrons. The molecule has 1 fully saturated rings. The number of nitrogens with one attached hydrogen (secondary N) is 2. The van der Waals surface area contributed by atoms with Crippen LogP contribution in [0.1, 0.15) is 24.0 Å². The lowest BCUT2D eigenvalue weighted by atomic mass is 9.99. The standard InChI is InChI=1S/C19H20FN3O4/c1-12-3-8-15(27-12)19(2)17(25)23(18(26)22-19)11-16(24)21-10-9-13-4-6-14(20)7-5-13/h3-8H,9-11H2,1-2H3,(H,21,24)(H,22,26)/t19-/m1/s1. The summed E-state index contributed by atoms with van der Waals surface area (Å²) in [6.45, 7) is 3.20. The van der Waals surface area contributed by atoms with E-state index >= 15 is 0 Å². The van der Waals surface area contributed by atoms with Crippen LogP contribution in [-0.2, 0) is 21.5 Å². The third-order valence-electron chi connectivity index (χ3n) is 4.46. The number of furan rings is 1. The van der Waals surface area contributed by atoms with Crippen molar-refractivity contribution in [3.05, 3.63) is 59.3 Å². The smallest absolute Gasteiger partial charge is 0.325 e. The third-order valence-corrected chi connectivity index (χ3v) is 4.46. The average molecular weight is 373 g/mol. The minimum absolute atomic E-state index is 0.308. The van der Waals surface area contributed by atoms with Gasteiger partial charge in [-0.3, -0.25) is 14.5 Å². The Bertz CT molecular complexity index is 877. The van der Waals surface area contributed by atoms with Gasteiger partial charge >= 0.3 is 6.03 Å². The van der Waals surface area contributed by atoms with Crippen LogP contribution in [0.15, 0.2) is 40.8 Å². The van der Waals surface area contributed by atoms with Gasteiger partial charge in [0.1, 0.15) is 23.9 Å². The first-order chi connectivity index (χ1) is 12.8. The lowest BCUT2D eigenvalue weighted by Crippen LogP contribution is -2.43. The van der Waals surface area contributed by atoms with Gasteiger partial charge in [0.25, 0.3) is 5.91 Å². The normalized spacial score (nSPS) is 19.3. The maximum absolute atomic E-state index is 12.9. The Hall–Kier alpha value is -3.16. The summed E-state index contributed by atoms with van der Waals surface area (Å²) in [6, 6.07) is 8.64. The molecule has 2 N–H and O–H groups in total. The molecule has 142 valence electrons. The zero-order valence-electron chi connectivity index (χ0n) is 15.0. The van der Waals surface area contributed by atoms with E-state index in [1.807, 2.05) is 0 Å². The van der Waals surface area contributed by atoms with Crippen LogP contribution in [0.2, 0.25) is 0 Å². The quantitative estimate of drug-likeness (QED) is 0.756. The predicted molar refractivity (Wildman–Crippen MR) is 94.2 cm³/mol. The highest BCUT2D eigenvalue weighted by molar-refractivity contribution is 6.08. The number of hydrogen-bond donors (Lipinski definition) is 2. The molecule has 1 aliphatic rings. The van der Waals surface area contributed by atoms with Gasteiger partial charge in [0.05, 0.1) is 0 Å². The highest BCUT2D eigenvalue weighted by Gasteiger charge is 2.51. The zero-order valence-corrected chi connectivity index (χ0v) is 15.0. The van der Waals surface area contributed by atoms with Crippen molar-refractivity contribution >= 4 is 17.8 Å². The second-order valence-electron chi connectivity index (χ2n) is 6.58. The van der Waals surface area contributed by atoms with Crippen LogP contribution in [0.25, 0.3) is 0 Å². The van der Waals surface area contributed by atoms with E-state index in [0.717, 1.165) is 10.5 Å². The molecule has 0 unspecified atom stereocenters. The van der Waals surface area contributed by atoms with E-state index < -0.39 is 23.4 Å². The summed E-state index contributed by atoms with van der Waals surface area (Å²) in [6.07, 6.45) is 0.509. The largest absolute Gasteiger partial charge is 0.463 e. The van der Waals surface area contributed by atoms with Crippen LogP contribution < -0.4 is 10.6 Å². The maximum atomic E-state index is 12.9. The molecule has 0 saturated carbocycles. The molecular formula is C19H20FN3O4. The fourth-order valence-electron chi connectivity index (χ4n) is 2.91. The molecule has 1 atom stereocenters. The summed E-state index contributed by atoms with van der Waals surface area (Å²) in [5, 5.41) is 5.24. The van der Waals surface area contributed by atoms with Crippen LogP contribution in [-0.4, -0.2) is 35.8 Å². The third kappa shape index (κ3) is 3.84. The van der Waals surface area contributed by atoms with Crippen molar-refractivity contribution in [2.24, 2.45) is 0 Å². The summed E-state index contributed by atoms with van der Waals surface area (Å²) >= 11 is 0. The average Bonchev–Trinajstić information content (AvgIpc) is 3.15. The number of aryl methyl sites for hydroxylation is 1. The molecule has 8 heteroatoms. The fraction of sp³-hybridized carbons (Fsp3) is 0.316. The summed E-state index contributed by atoms with van der Waals surface area (Å²) in [4.78, 5) is 37.8. The number of carbonyl (C=O) groups is 3. The monoisotopic (exact) mass is 373 g/mol. The van der Waals surface area contributed by atoms with Gasteiger partial charge in [-0.05, 0) is 50.1 Å². The number of urea groups is 1. The molecular weight excluding hydrogens is 353 g/mol. The fourth-order valence-corrected chi connectivity index (χ4v) is 2.91. The Balaban J connectivity index is 1.56. The van der Waals surface area contributed by atoms with Gasteiger partial charge in [0.15, 0.2) is 5.54 Å². The predicted octanol–water partition coefficient (Wildman–Crippen LogP) is 1.85. The minimum atomic E-state index is -1.33. The molecule has 1 aromatic carbocycles. The molecule has 0 aliphatic carbocycles. The molecule has 0 bridgehead atoms. The van der Waals surface area contributed by atoms with E-state index in [0.29, 0.717) is 24.5 Å². The lowest BCUT2D eigenvalue weighted by Gasteiger charge is -2.19. The number of benzene rings is 1. The van der Waals surface area contributed by atoms with E-state index in [2.05, 4.69) is 10.6 Å². The van der Waals surface area contributed by atoms with Crippen LogP contribution in [0.5, 0.6) is 0 Å². The second kappa shape index (κ2) is 7.22. The molecule has 1 saturated heterocycles. The van der Waals surface area contributed by atoms with Crippen molar-refractivity contribution in [3.63, 3.8) is 0 Å². The zero-order chi connectivity index (χ0) is 19.6. The number of imide groups is 1. The number of amides is 4. The number of hydrogen-bond acceptors (Lipinski definition) is 4. The molecule has 1 aliphatic heterocycles. The highest BCUT2D eigenvalue weighted by atomic mass is 19.1. The Kier molecular flexibility index (Phi) is 4.98. The maximum Gasteiger partial charge on any atom is 0.325 e. The first-order valence-electron chi connectivity index (χ1n) is 8.52. The Morgan fingerprint density at radius 3 is 2.56 bits per heavy atom. The molecule has 7 nitrogen and oxygen atoms in total. The first-order valence-corrected chi connectivity index (χ1v) is 8.52. The van der Waals surface area contributed by atoms with Crippen LogP contribution in [0.3, 0.4) is 0 Å². The number of carbonyl (C=O) groups excluding carboxylic acids is 3. The number of rotatable bonds is 6. The summed E-state index contributed by atoms with van der Waals surface area (Å²) in [7, 11) is 0. The van der Waals surface area contributed by atoms with E-state index in [-0.39, 0.29) is 12.4 Å². The Morgan fingerprint density at radius 2 is 1.93 bits per heavy atom. The van der Waals surface area contributed by atoms with Crippen LogP contribution in [0, 0.1) is 12.7 Å². The van der Waals surface area contributed by atoms with Gasteiger partial charge in [0.2, 0.25) is 5.91 Å². The summed E-state index contributed by atoms with van der Waals surface area (Å²) < 4.78 is 18.3. The number of nitrogens with zero attached hydrogens (tertiary/aromatic N) is 1. The van der Waals surface area contributed by atoms with Crippen molar-refractivity contribution in [3.8, 4) is 0 Å². The molecule has 3 rings (SSSR count). The first kappa shape index (κ1) is 18.6. The van der Waals surface area contributed by atoms with Crippen molar-refractivity contribution in [2.45, 2.75) is 25.8 Å². The van der Waals surface area contributed by atoms with Crippen LogP contribution >= 0.6 is 0 Å². The van der Waals surface area contributed by atoms with Crippen molar-refractivity contribution in [1.29, 1.82) is 0 Å². The lowest BCUT2D eigenvalue weighted by molar-refractivity contribution is -0.135. The molecule has 1 aromatic heterocycles. The minimum Gasteiger partial charge on any atom is -0.463 e. The van der Waals surface area contributed by atoms with E-state index in [1.165, 1.54) is 19.1 Å². The highest BCUT2D eigenvalue weighted by Crippen LogP contribution is 2.29. The molecule has 2 aromatic rings. The van der Waals surface area contributed by atoms with Crippen molar-refractivity contribution in [1.82, 2.24) is 15.5 Å². The molecule has 2 heterocycles. The topological polar surface area (TPSA) is 91.7 Å². The van der Waals surface area contributed by atoms with Gasteiger partial charge in [-0.1, -0.05) is 12.1 Å². The Morgan fingerprint density at radius 1 is 1.22 bits per heavy atom. The van der Waals surface area contributed by atoms with Gasteiger partial charge < -0.3 is 15.1 Å². The molecule has 4 amide bonds. The molecule has 27 heavy (non-hydrogen) atoms. The van der Waals surface area contributed by atoms with E-state index in [9.17, 15) is 18.8 Å². The Labute approximate surface area is 155 Å². The van der Waals surface area contributed by atoms with Crippen molar-refractivity contribution < 1.29 is 23.2 Å². The molecule has 0 spiro atoms.